The molecule has 0 nitrogen and oxygen atoms in total. The molecule has 0 heterocycles. The molecule has 0 aliphatic carbocycles. The van der Waals surface area contributed by atoms with E-state index in [1.165, 1.54) is 0 Å². The van der Waals surface area contributed by atoms with Gasteiger partial charge in [0.15, 0.2) is 0 Å². The summed E-state index contributed by atoms with van der Waals surface area (Å²) in [4.78, 5) is 0. The Kier molecular flexibility index (Phi) is 3.88. The van der Waals surface area contributed by atoms with Gasteiger partial charge >= 0.3 is 12.4 Å². The van der Waals surface area contributed by atoms with Crippen LogP contribution in [0.1, 0.15) is 11.1 Å². The van der Waals surface area contributed by atoms with Crippen molar-refractivity contribution in [2.75, 3.05) is 0 Å². The number of hydrogen-bond acceptors (Lipinski definition) is 0. The highest BCUT2D eigenvalue weighted by Crippen LogP contribution is 2.37. The Bertz CT molecular complexity index is 674. The third kappa shape index (κ3) is 3.20. The van der Waals surface area contributed by atoms with Crippen LogP contribution < -0.4 is 0 Å². The zero-order valence-electron chi connectivity index (χ0n) is 10.5. The van der Waals surface area contributed by atoms with Gasteiger partial charge in [-0.05, 0) is 35.4 Å². The molecule has 0 aliphatic rings. The number of benzene rings is 2. The van der Waals surface area contributed by atoms with Crippen molar-refractivity contribution >= 4 is 0 Å². The minimum absolute atomic E-state index is 0.249. The van der Waals surface area contributed by atoms with Crippen LogP contribution in [-0.4, -0.2) is 0 Å². The van der Waals surface area contributed by atoms with E-state index < -0.39 is 40.7 Å². The van der Waals surface area contributed by atoms with Crippen molar-refractivity contribution in [2.45, 2.75) is 12.4 Å². The van der Waals surface area contributed by atoms with E-state index in [9.17, 15) is 35.1 Å². The largest absolute Gasteiger partial charge is 0.422 e. The SMILES string of the molecule is Fc1cc(-c2cccc(C(F)(F)F)c2)cc(F)c1C(F)(F)F. The molecule has 0 amide bonds. The summed E-state index contributed by atoms with van der Waals surface area (Å²) >= 11 is 0. The molecule has 2 aromatic rings. The molecule has 0 spiro atoms. The Morgan fingerprint density at radius 1 is 0.636 bits per heavy atom. The Labute approximate surface area is 119 Å². The molecule has 0 bridgehead atoms. The van der Waals surface area contributed by atoms with Crippen molar-refractivity contribution in [3.8, 4) is 11.1 Å². The molecule has 0 fully saturated rings. The van der Waals surface area contributed by atoms with Crippen LogP contribution in [0.3, 0.4) is 0 Å². The molecule has 2 aromatic carbocycles. The number of hydrogen-bond donors (Lipinski definition) is 0. The van der Waals surface area contributed by atoms with Gasteiger partial charge in [-0.2, -0.15) is 26.3 Å². The van der Waals surface area contributed by atoms with Crippen molar-refractivity contribution < 1.29 is 35.1 Å². The average Bonchev–Trinajstić information content (AvgIpc) is 2.35. The zero-order valence-corrected chi connectivity index (χ0v) is 10.5. The topological polar surface area (TPSA) is 0 Å². The van der Waals surface area contributed by atoms with Gasteiger partial charge in [0.05, 0.1) is 5.56 Å². The Balaban J connectivity index is 2.56. The monoisotopic (exact) mass is 326 g/mol. The summed E-state index contributed by atoms with van der Waals surface area (Å²) in [7, 11) is 0. The van der Waals surface area contributed by atoms with E-state index in [1.54, 1.807) is 0 Å². The van der Waals surface area contributed by atoms with Gasteiger partial charge in [-0.1, -0.05) is 12.1 Å². The molecular formula is C14H6F8. The van der Waals surface area contributed by atoms with E-state index in [0.29, 0.717) is 18.2 Å². The van der Waals surface area contributed by atoms with Crippen LogP contribution in [0.15, 0.2) is 36.4 Å². The van der Waals surface area contributed by atoms with Crippen molar-refractivity contribution in [3.05, 3.63) is 59.2 Å². The second-order valence-corrected chi connectivity index (χ2v) is 4.39. The van der Waals surface area contributed by atoms with E-state index in [0.717, 1.165) is 18.2 Å². The maximum atomic E-state index is 13.4. The fourth-order valence-electron chi connectivity index (χ4n) is 1.89. The Hall–Kier alpha value is -2.12. The molecule has 0 saturated heterocycles. The standard InChI is InChI=1S/C14H6F8/c15-10-5-8(6-11(16)12(10)14(20,21)22)7-2-1-3-9(4-7)13(17,18)19/h1-6H. The van der Waals surface area contributed by atoms with Crippen molar-refractivity contribution in [2.24, 2.45) is 0 Å². The van der Waals surface area contributed by atoms with Gasteiger partial charge in [0, 0.05) is 0 Å². The predicted octanol–water partition coefficient (Wildman–Crippen LogP) is 5.67. The molecule has 0 aliphatic heterocycles. The summed E-state index contributed by atoms with van der Waals surface area (Å²) in [6, 6.07) is 4.13. The molecule has 0 radical (unpaired) electrons. The molecule has 2 rings (SSSR count). The highest BCUT2D eigenvalue weighted by molar-refractivity contribution is 5.65. The van der Waals surface area contributed by atoms with Gasteiger partial charge in [-0.15, -0.1) is 0 Å². The lowest BCUT2D eigenvalue weighted by atomic mass is 10.0. The van der Waals surface area contributed by atoms with E-state index in [1.807, 2.05) is 0 Å². The van der Waals surface area contributed by atoms with E-state index in [-0.39, 0.29) is 5.56 Å². The quantitative estimate of drug-likeness (QED) is 0.592. The Morgan fingerprint density at radius 3 is 1.64 bits per heavy atom. The third-order valence-corrected chi connectivity index (χ3v) is 2.85. The molecule has 118 valence electrons. The molecule has 0 atom stereocenters. The normalized spacial score (nSPS) is 12.5. The first-order valence-electron chi connectivity index (χ1n) is 5.74. The first-order valence-corrected chi connectivity index (χ1v) is 5.74. The number of rotatable bonds is 1. The van der Waals surface area contributed by atoms with Crippen LogP contribution in [0.4, 0.5) is 35.1 Å². The minimum atomic E-state index is -5.24. The summed E-state index contributed by atoms with van der Waals surface area (Å²) < 4.78 is 102. The van der Waals surface area contributed by atoms with E-state index in [2.05, 4.69) is 0 Å². The number of halogens is 8. The zero-order chi connectivity index (χ0) is 16.7. The summed E-state index contributed by atoms with van der Waals surface area (Å²) in [5.41, 5.74) is -3.83. The second-order valence-electron chi connectivity index (χ2n) is 4.39. The minimum Gasteiger partial charge on any atom is -0.206 e. The summed E-state index contributed by atoms with van der Waals surface area (Å²) in [5.74, 6) is -3.78. The van der Waals surface area contributed by atoms with Crippen molar-refractivity contribution in [3.63, 3.8) is 0 Å². The molecule has 0 unspecified atom stereocenters. The summed E-state index contributed by atoms with van der Waals surface area (Å²) in [6.45, 7) is 0. The highest BCUT2D eigenvalue weighted by Gasteiger charge is 2.38. The lowest BCUT2D eigenvalue weighted by Gasteiger charge is -2.12. The lowest BCUT2D eigenvalue weighted by molar-refractivity contribution is -0.142. The van der Waals surface area contributed by atoms with E-state index >= 15 is 0 Å². The smallest absolute Gasteiger partial charge is 0.206 e. The van der Waals surface area contributed by atoms with Crippen LogP contribution in [0, 0.1) is 11.6 Å². The van der Waals surface area contributed by atoms with Gasteiger partial charge in [0.25, 0.3) is 0 Å². The van der Waals surface area contributed by atoms with Crippen LogP contribution in [0.5, 0.6) is 0 Å². The lowest BCUT2D eigenvalue weighted by Crippen LogP contribution is -2.11. The van der Waals surface area contributed by atoms with Gasteiger partial charge in [-0.25, -0.2) is 8.78 Å². The highest BCUT2D eigenvalue weighted by atomic mass is 19.4. The maximum Gasteiger partial charge on any atom is 0.422 e. The molecule has 8 heteroatoms. The van der Waals surface area contributed by atoms with Crippen LogP contribution in [0.25, 0.3) is 11.1 Å². The molecule has 0 N–H and O–H groups in total. The summed E-state index contributed by atoms with van der Waals surface area (Å²) in [5, 5.41) is 0. The van der Waals surface area contributed by atoms with Crippen LogP contribution >= 0.6 is 0 Å². The maximum absolute atomic E-state index is 13.4. The molecule has 0 saturated carbocycles. The van der Waals surface area contributed by atoms with Gasteiger partial charge < -0.3 is 0 Å². The average molecular weight is 326 g/mol. The Morgan fingerprint density at radius 2 is 1.18 bits per heavy atom. The predicted molar refractivity (Wildman–Crippen MR) is 61.8 cm³/mol. The molecule has 22 heavy (non-hydrogen) atoms. The summed E-state index contributed by atoms with van der Waals surface area (Å²) in [6.07, 6.45) is -9.92. The van der Waals surface area contributed by atoms with Gasteiger partial charge in [0.1, 0.15) is 17.2 Å². The van der Waals surface area contributed by atoms with Crippen molar-refractivity contribution in [1.29, 1.82) is 0 Å². The van der Waals surface area contributed by atoms with Gasteiger partial charge in [-0.3, -0.25) is 0 Å². The molecular weight excluding hydrogens is 320 g/mol. The first kappa shape index (κ1) is 16.3. The van der Waals surface area contributed by atoms with E-state index in [4.69, 9.17) is 0 Å². The molecule has 0 aromatic heterocycles. The first-order chi connectivity index (χ1) is 10.00. The third-order valence-electron chi connectivity index (χ3n) is 2.85. The van der Waals surface area contributed by atoms with Gasteiger partial charge in [0.2, 0.25) is 0 Å². The number of alkyl halides is 6. The second kappa shape index (κ2) is 5.26. The van der Waals surface area contributed by atoms with Crippen molar-refractivity contribution in [1.82, 2.24) is 0 Å². The van der Waals surface area contributed by atoms with Crippen LogP contribution in [-0.2, 0) is 12.4 Å². The fraction of sp³-hybridized carbons (Fsp3) is 0.143. The van der Waals surface area contributed by atoms with Crippen LogP contribution in [0.2, 0.25) is 0 Å². The fourth-order valence-corrected chi connectivity index (χ4v) is 1.89.